The van der Waals surface area contributed by atoms with E-state index in [1.165, 1.54) is 0 Å². The van der Waals surface area contributed by atoms with Crippen LogP contribution in [0.4, 0.5) is 0 Å². The van der Waals surface area contributed by atoms with Crippen LogP contribution >= 0.6 is 0 Å². The average molecular weight is 425 g/mol. The fourth-order valence-electron chi connectivity index (χ4n) is 2.78. The van der Waals surface area contributed by atoms with Crippen LogP contribution in [-0.4, -0.2) is 37.8 Å². The lowest BCUT2D eigenvalue weighted by Gasteiger charge is -2.16. The van der Waals surface area contributed by atoms with Gasteiger partial charge in [-0.15, -0.1) is 0 Å². The van der Waals surface area contributed by atoms with Gasteiger partial charge in [0.25, 0.3) is 0 Å². The summed E-state index contributed by atoms with van der Waals surface area (Å²) < 4.78 is 2.12. The first-order valence-corrected chi connectivity index (χ1v) is 10.6. The maximum atomic E-state index is 4.10. The number of rotatable bonds is 18. The van der Waals surface area contributed by atoms with Gasteiger partial charge in [0.15, 0.2) is 0 Å². The molecule has 0 saturated heterocycles. The molecule has 0 unspecified atom stereocenters. The molecule has 0 atom stereocenters. The SMILES string of the molecule is C=C(CCNC(=C)CNC(=C)CNC(=C)CNC(=C)CCCn1c(=C)ccc1=C)NC. The summed E-state index contributed by atoms with van der Waals surface area (Å²) >= 11 is 0. The summed E-state index contributed by atoms with van der Waals surface area (Å²) in [5.74, 6) is 0. The molecule has 0 radical (unpaired) electrons. The number of nitrogens with zero attached hydrogens (tertiary/aromatic N) is 1. The normalized spacial score (nSPS) is 10.1. The Morgan fingerprint density at radius 2 is 1.19 bits per heavy atom. The van der Waals surface area contributed by atoms with Gasteiger partial charge in [0, 0.05) is 65.7 Å². The minimum Gasteiger partial charge on any atom is -0.392 e. The summed E-state index contributed by atoms with van der Waals surface area (Å²) in [6.07, 6.45) is 2.72. The highest BCUT2D eigenvalue weighted by molar-refractivity contribution is 5.09. The zero-order valence-corrected chi connectivity index (χ0v) is 19.2. The Labute approximate surface area is 187 Å². The molecule has 5 N–H and O–H groups in total. The molecule has 1 rings (SSSR count). The van der Waals surface area contributed by atoms with Crippen molar-refractivity contribution >= 4 is 13.2 Å². The van der Waals surface area contributed by atoms with Crippen LogP contribution in [0.5, 0.6) is 0 Å². The summed E-state index contributed by atoms with van der Waals surface area (Å²) in [6, 6.07) is 3.98. The average Bonchev–Trinajstić information content (AvgIpc) is 3.06. The van der Waals surface area contributed by atoms with Crippen LogP contribution in [0.2, 0.25) is 0 Å². The number of hydrogen-bond donors (Lipinski definition) is 5. The van der Waals surface area contributed by atoms with Crippen LogP contribution < -0.4 is 37.3 Å². The van der Waals surface area contributed by atoms with Gasteiger partial charge in [0.05, 0.1) is 19.6 Å². The molecule has 0 aliphatic carbocycles. The molecule has 0 fully saturated rings. The van der Waals surface area contributed by atoms with Gasteiger partial charge in [-0.1, -0.05) is 46.1 Å². The highest BCUT2D eigenvalue weighted by atomic mass is 15.0. The predicted octanol–water partition coefficient (Wildman–Crippen LogP) is 1.63. The fourth-order valence-corrected chi connectivity index (χ4v) is 2.78. The summed E-state index contributed by atoms with van der Waals surface area (Å²) in [7, 11) is 1.87. The van der Waals surface area contributed by atoms with E-state index in [1.54, 1.807) is 0 Å². The fraction of sp³-hybridized carbons (Fsp3) is 0.360. The van der Waals surface area contributed by atoms with E-state index in [-0.39, 0.29) is 0 Å². The van der Waals surface area contributed by atoms with Crippen LogP contribution in [0.25, 0.3) is 13.2 Å². The van der Waals surface area contributed by atoms with E-state index in [1.807, 2.05) is 19.2 Å². The second kappa shape index (κ2) is 13.9. The van der Waals surface area contributed by atoms with Crippen molar-refractivity contribution in [3.8, 4) is 0 Å². The molecule has 0 spiro atoms. The standard InChI is InChI=1S/C25H40N6/c1-19(26-8)13-14-27-21(3)16-29-23(5)18-30-22(4)17-28-20(2)10-9-15-31-24(6)11-12-25(31)7/h11-12,26-30H,1-7,9-10,13-18H2,8H3. The molecule has 31 heavy (non-hydrogen) atoms. The van der Waals surface area contributed by atoms with E-state index in [4.69, 9.17) is 0 Å². The summed E-state index contributed by atoms with van der Waals surface area (Å²) in [5.41, 5.74) is 4.67. The van der Waals surface area contributed by atoms with Crippen molar-refractivity contribution in [3.05, 3.63) is 84.2 Å². The maximum Gasteiger partial charge on any atom is 0.0539 e. The lowest BCUT2D eigenvalue weighted by atomic mass is 10.2. The second-order valence-corrected chi connectivity index (χ2v) is 7.58. The smallest absolute Gasteiger partial charge is 0.0539 e. The van der Waals surface area contributed by atoms with Gasteiger partial charge in [-0.05, 0) is 25.0 Å². The summed E-state index contributed by atoms with van der Waals surface area (Å²) in [4.78, 5) is 0. The Bertz CT molecular complexity index is 849. The molecule has 0 aliphatic rings. The molecule has 0 aromatic carbocycles. The van der Waals surface area contributed by atoms with Crippen LogP contribution in [-0.2, 0) is 6.54 Å². The first-order valence-electron chi connectivity index (χ1n) is 10.6. The number of aromatic nitrogens is 1. The number of allylic oxidation sites excluding steroid dienone is 1. The van der Waals surface area contributed by atoms with Gasteiger partial charge in [-0.25, -0.2) is 0 Å². The topological polar surface area (TPSA) is 65.1 Å². The lowest BCUT2D eigenvalue weighted by Crippen LogP contribution is -2.31. The molecule has 0 aliphatic heterocycles. The van der Waals surface area contributed by atoms with Crippen molar-refractivity contribution in [2.45, 2.75) is 25.8 Å². The van der Waals surface area contributed by atoms with Crippen molar-refractivity contribution in [1.82, 2.24) is 31.2 Å². The van der Waals surface area contributed by atoms with Crippen molar-refractivity contribution in [2.75, 3.05) is 33.2 Å². The molecule has 1 aromatic rings. The Morgan fingerprint density at radius 3 is 1.71 bits per heavy atom. The van der Waals surface area contributed by atoms with Crippen LogP contribution in [0.3, 0.4) is 0 Å². The van der Waals surface area contributed by atoms with E-state index in [0.29, 0.717) is 19.6 Å². The molecular weight excluding hydrogens is 384 g/mol. The molecule has 0 bridgehead atoms. The van der Waals surface area contributed by atoms with Gasteiger partial charge in [0.1, 0.15) is 0 Å². The Hall–Kier alpha value is -3.28. The highest BCUT2D eigenvalue weighted by Crippen LogP contribution is 2.00. The second-order valence-electron chi connectivity index (χ2n) is 7.58. The minimum atomic E-state index is 0.600. The Balaban J connectivity index is 2.12. The van der Waals surface area contributed by atoms with E-state index < -0.39 is 0 Å². The predicted molar refractivity (Wildman–Crippen MR) is 135 cm³/mol. The monoisotopic (exact) mass is 424 g/mol. The zero-order valence-electron chi connectivity index (χ0n) is 19.2. The van der Waals surface area contributed by atoms with Crippen LogP contribution in [0.1, 0.15) is 19.3 Å². The van der Waals surface area contributed by atoms with E-state index in [2.05, 4.69) is 77.2 Å². The highest BCUT2D eigenvalue weighted by Gasteiger charge is 2.01. The third-order valence-corrected chi connectivity index (χ3v) is 4.83. The molecule has 1 heterocycles. The van der Waals surface area contributed by atoms with E-state index in [0.717, 1.165) is 71.5 Å². The molecule has 6 heteroatoms. The minimum absolute atomic E-state index is 0.600. The van der Waals surface area contributed by atoms with Crippen molar-refractivity contribution in [1.29, 1.82) is 0 Å². The molecule has 0 amide bonds. The third kappa shape index (κ3) is 10.9. The molecule has 1 aromatic heterocycles. The van der Waals surface area contributed by atoms with Gasteiger partial charge in [-0.3, -0.25) is 0 Å². The van der Waals surface area contributed by atoms with Gasteiger partial charge in [-0.2, -0.15) is 0 Å². The van der Waals surface area contributed by atoms with Crippen LogP contribution in [0, 0.1) is 0 Å². The molecular formula is C25H40N6. The first-order chi connectivity index (χ1) is 14.7. The summed E-state index contributed by atoms with van der Waals surface area (Å²) in [6.45, 7) is 31.7. The molecule has 0 saturated carbocycles. The Morgan fingerprint density at radius 1 is 0.710 bits per heavy atom. The molecule has 6 nitrogen and oxygen atoms in total. The quantitative estimate of drug-likeness (QED) is 0.248. The van der Waals surface area contributed by atoms with E-state index >= 15 is 0 Å². The van der Waals surface area contributed by atoms with Gasteiger partial charge >= 0.3 is 0 Å². The van der Waals surface area contributed by atoms with Gasteiger partial charge < -0.3 is 31.2 Å². The van der Waals surface area contributed by atoms with Gasteiger partial charge in [0.2, 0.25) is 0 Å². The van der Waals surface area contributed by atoms with Crippen molar-refractivity contribution < 1.29 is 0 Å². The number of nitrogens with one attached hydrogen (secondary N) is 5. The zero-order chi connectivity index (χ0) is 23.2. The molecule has 170 valence electrons. The van der Waals surface area contributed by atoms with Crippen molar-refractivity contribution in [3.63, 3.8) is 0 Å². The van der Waals surface area contributed by atoms with Crippen LogP contribution in [0.15, 0.2) is 73.5 Å². The first kappa shape index (κ1) is 25.8. The number of hydrogen-bond acceptors (Lipinski definition) is 5. The maximum absolute atomic E-state index is 4.10. The van der Waals surface area contributed by atoms with E-state index in [9.17, 15) is 0 Å². The largest absolute Gasteiger partial charge is 0.392 e. The third-order valence-electron chi connectivity index (χ3n) is 4.83. The lowest BCUT2D eigenvalue weighted by molar-refractivity contribution is 0.603. The van der Waals surface area contributed by atoms with Crippen molar-refractivity contribution in [2.24, 2.45) is 0 Å². The Kier molecular flexibility index (Phi) is 11.5. The summed E-state index contributed by atoms with van der Waals surface area (Å²) in [5, 5.41) is 18.1.